The van der Waals surface area contributed by atoms with Crippen molar-refractivity contribution in [3.63, 3.8) is 0 Å². The predicted octanol–water partition coefficient (Wildman–Crippen LogP) is 1.90. The summed E-state index contributed by atoms with van der Waals surface area (Å²) in [6.45, 7) is 5.71. The number of aliphatic hydroxyl groups excluding tert-OH is 1. The van der Waals surface area contributed by atoms with E-state index in [0.29, 0.717) is 32.0 Å². The summed E-state index contributed by atoms with van der Waals surface area (Å²) in [5.74, 6) is -1.13. The highest BCUT2D eigenvalue weighted by molar-refractivity contribution is 5.89. The Labute approximate surface area is 171 Å². The number of fused-ring (bicyclic) bond motifs is 1. The van der Waals surface area contributed by atoms with Crippen molar-refractivity contribution < 1.29 is 13.9 Å². The second-order valence-electron chi connectivity index (χ2n) is 7.10. The largest absolute Gasteiger partial charge is 0.375 e. The van der Waals surface area contributed by atoms with Crippen LogP contribution in [0.4, 0.5) is 14.6 Å². The molecule has 1 aromatic carbocycles. The van der Waals surface area contributed by atoms with E-state index in [1.54, 1.807) is 6.07 Å². The molecule has 1 aliphatic heterocycles. The molecule has 3 heterocycles. The lowest BCUT2D eigenvalue weighted by molar-refractivity contribution is 0.0380. The Morgan fingerprint density at radius 1 is 1.17 bits per heavy atom. The molecular formula is C21H21F2N5O2. The number of pyridine rings is 1. The van der Waals surface area contributed by atoms with Gasteiger partial charge in [-0.25, -0.2) is 18.7 Å². The van der Waals surface area contributed by atoms with E-state index in [0.717, 1.165) is 0 Å². The SMILES string of the molecule is C=CC(O)N1CCN(c2ncnc3c(F)c(-c4ccccc4F)c(=O)n(C)c23)CC1. The van der Waals surface area contributed by atoms with Gasteiger partial charge in [-0.2, -0.15) is 0 Å². The zero-order chi connectivity index (χ0) is 21.4. The fourth-order valence-electron chi connectivity index (χ4n) is 3.80. The van der Waals surface area contributed by atoms with Crippen LogP contribution in [0.25, 0.3) is 22.2 Å². The Morgan fingerprint density at radius 2 is 1.87 bits per heavy atom. The minimum absolute atomic E-state index is 0.0473. The lowest BCUT2D eigenvalue weighted by atomic mass is 10.0. The van der Waals surface area contributed by atoms with Gasteiger partial charge in [-0.1, -0.05) is 24.8 Å². The zero-order valence-electron chi connectivity index (χ0n) is 16.4. The van der Waals surface area contributed by atoms with Crippen LogP contribution in [-0.4, -0.2) is 56.9 Å². The van der Waals surface area contributed by atoms with Gasteiger partial charge in [0, 0.05) is 38.8 Å². The fraction of sp³-hybridized carbons (Fsp3) is 0.286. The van der Waals surface area contributed by atoms with Gasteiger partial charge in [-0.3, -0.25) is 9.69 Å². The first-order valence-electron chi connectivity index (χ1n) is 9.51. The highest BCUT2D eigenvalue weighted by Gasteiger charge is 2.27. The van der Waals surface area contributed by atoms with Gasteiger partial charge < -0.3 is 14.6 Å². The summed E-state index contributed by atoms with van der Waals surface area (Å²) in [5.41, 5.74) is -0.926. The highest BCUT2D eigenvalue weighted by Crippen LogP contribution is 2.30. The molecule has 30 heavy (non-hydrogen) atoms. The van der Waals surface area contributed by atoms with Crippen LogP contribution in [0.3, 0.4) is 0 Å². The summed E-state index contributed by atoms with van der Waals surface area (Å²) in [6.07, 6.45) is 1.96. The molecule has 2 aromatic heterocycles. The first-order chi connectivity index (χ1) is 14.4. The maximum absolute atomic E-state index is 15.4. The van der Waals surface area contributed by atoms with Crippen LogP contribution in [0.1, 0.15) is 0 Å². The number of aliphatic hydroxyl groups is 1. The van der Waals surface area contributed by atoms with Crippen molar-refractivity contribution in [2.75, 3.05) is 31.1 Å². The number of hydrogen-bond acceptors (Lipinski definition) is 6. The van der Waals surface area contributed by atoms with E-state index >= 15 is 4.39 Å². The second kappa shape index (κ2) is 7.92. The topological polar surface area (TPSA) is 74.5 Å². The van der Waals surface area contributed by atoms with E-state index in [1.807, 2.05) is 9.80 Å². The number of aromatic nitrogens is 3. The van der Waals surface area contributed by atoms with E-state index in [2.05, 4.69) is 16.5 Å². The molecule has 156 valence electrons. The molecule has 0 radical (unpaired) electrons. The van der Waals surface area contributed by atoms with Crippen molar-refractivity contribution in [1.29, 1.82) is 0 Å². The number of rotatable bonds is 4. The number of nitrogens with zero attached hydrogens (tertiary/aromatic N) is 5. The number of halogens is 2. The third-order valence-corrected chi connectivity index (χ3v) is 5.43. The molecule has 0 saturated carbocycles. The molecule has 1 atom stereocenters. The van der Waals surface area contributed by atoms with Crippen molar-refractivity contribution in [2.24, 2.45) is 7.05 Å². The van der Waals surface area contributed by atoms with Gasteiger partial charge in [0.25, 0.3) is 5.56 Å². The van der Waals surface area contributed by atoms with Gasteiger partial charge >= 0.3 is 0 Å². The Bertz CT molecular complexity index is 1170. The normalized spacial score (nSPS) is 16.1. The minimum Gasteiger partial charge on any atom is -0.375 e. The molecule has 1 unspecified atom stereocenters. The third kappa shape index (κ3) is 3.25. The van der Waals surface area contributed by atoms with E-state index in [4.69, 9.17) is 0 Å². The van der Waals surface area contributed by atoms with E-state index in [1.165, 1.54) is 42.2 Å². The lowest BCUT2D eigenvalue weighted by Gasteiger charge is -2.37. The monoisotopic (exact) mass is 413 g/mol. The maximum atomic E-state index is 15.4. The number of piperazine rings is 1. The molecule has 4 rings (SSSR count). The first-order valence-corrected chi connectivity index (χ1v) is 9.51. The van der Waals surface area contributed by atoms with Gasteiger partial charge in [-0.15, -0.1) is 0 Å². The smallest absolute Gasteiger partial charge is 0.261 e. The molecule has 0 bridgehead atoms. The summed E-state index contributed by atoms with van der Waals surface area (Å²) >= 11 is 0. The van der Waals surface area contributed by atoms with Crippen LogP contribution in [0.2, 0.25) is 0 Å². The maximum Gasteiger partial charge on any atom is 0.261 e. The fourth-order valence-corrected chi connectivity index (χ4v) is 3.80. The van der Waals surface area contributed by atoms with Crippen LogP contribution < -0.4 is 10.5 Å². The second-order valence-corrected chi connectivity index (χ2v) is 7.10. The molecule has 1 aliphatic rings. The van der Waals surface area contributed by atoms with Crippen LogP contribution >= 0.6 is 0 Å². The van der Waals surface area contributed by atoms with Crippen LogP contribution in [0.5, 0.6) is 0 Å². The number of benzene rings is 1. The molecule has 3 aromatic rings. The lowest BCUT2D eigenvalue weighted by Crippen LogP contribution is -2.50. The van der Waals surface area contributed by atoms with E-state index in [-0.39, 0.29) is 22.2 Å². The Hall–Kier alpha value is -3.17. The average Bonchev–Trinajstić information content (AvgIpc) is 2.78. The minimum atomic E-state index is -0.873. The van der Waals surface area contributed by atoms with Crippen molar-refractivity contribution in [3.8, 4) is 11.1 Å². The molecule has 0 spiro atoms. The highest BCUT2D eigenvalue weighted by atomic mass is 19.1. The molecule has 0 amide bonds. The summed E-state index contributed by atoms with van der Waals surface area (Å²) in [5, 5.41) is 9.93. The summed E-state index contributed by atoms with van der Waals surface area (Å²) < 4.78 is 30.9. The standard InChI is InChI=1S/C21H21F2N5O2/c1-3-15(29)27-8-10-28(11-9-27)20-19-18(24-12-25-20)17(23)16(21(30)26(19)2)13-6-4-5-7-14(13)22/h3-7,12,15,29H,1,8-11H2,2H3. The van der Waals surface area contributed by atoms with E-state index < -0.39 is 23.4 Å². The van der Waals surface area contributed by atoms with E-state index in [9.17, 15) is 14.3 Å². The number of hydrogen-bond donors (Lipinski definition) is 1. The van der Waals surface area contributed by atoms with Gasteiger partial charge in [0.1, 0.15) is 29.4 Å². The van der Waals surface area contributed by atoms with Crippen molar-refractivity contribution in [1.82, 2.24) is 19.4 Å². The molecule has 9 heteroatoms. The Kier molecular flexibility index (Phi) is 5.31. The Balaban J connectivity index is 1.83. The predicted molar refractivity (Wildman–Crippen MR) is 110 cm³/mol. The molecule has 1 N–H and O–H groups in total. The molecule has 1 fully saturated rings. The van der Waals surface area contributed by atoms with Crippen LogP contribution in [-0.2, 0) is 7.05 Å². The van der Waals surface area contributed by atoms with Gasteiger partial charge in [-0.05, 0) is 12.1 Å². The van der Waals surface area contributed by atoms with Crippen molar-refractivity contribution in [3.05, 3.63) is 65.2 Å². The molecule has 7 nitrogen and oxygen atoms in total. The van der Waals surface area contributed by atoms with Gasteiger partial charge in [0.15, 0.2) is 11.6 Å². The Morgan fingerprint density at radius 3 is 2.53 bits per heavy atom. The molecule has 0 aliphatic carbocycles. The van der Waals surface area contributed by atoms with Crippen LogP contribution in [0.15, 0.2) is 48.0 Å². The van der Waals surface area contributed by atoms with Gasteiger partial charge in [0.2, 0.25) is 0 Å². The average molecular weight is 413 g/mol. The quantitative estimate of drug-likeness (QED) is 0.659. The summed E-state index contributed by atoms with van der Waals surface area (Å²) in [4.78, 5) is 25.1. The number of anilines is 1. The molecule has 1 saturated heterocycles. The van der Waals surface area contributed by atoms with Crippen molar-refractivity contribution >= 4 is 16.9 Å². The zero-order valence-corrected chi connectivity index (χ0v) is 16.4. The first kappa shape index (κ1) is 20.1. The summed E-state index contributed by atoms with van der Waals surface area (Å²) in [6, 6.07) is 5.57. The van der Waals surface area contributed by atoms with Crippen molar-refractivity contribution in [2.45, 2.75) is 6.23 Å². The third-order valence-electron chi connectivity index (χ3n) is 5.43. The number of aryl methyl sites for hydroxylation is 1. The molecular weight excluding hydrogens is 392 g/mol. The van der Waals surface area contributed by atoms with Crippen LogP contribution in [0, 0.1) is 11.6 Å². The van der Waals surface area contributed by atoms with Gasteiger partial charge in [0.05, 0.1) is 5.56 Å². The summed E-state index contributed by atoms with van der Waals surface area (Å²) in [7, 11) is 1.50.